The summed E-state index contributed by atoms with van der Waals surface area (Å²) >= 11 is 0. The third kappa shape index (κ3) is 2.90. The molecule has 1 saturated carbocycles. The third-order valence-electron chi connectivity index (χ3n) is 2.60. The summed E-state index contributed by atoms with van der Waals surface area (Å²) in [5.41, 5.74) is -0.164. The molecule has 0 saturated heterocycles. The van der Waals surface area contributed by atoms with Gasteiger partial charge in [-0.15, -0.1) is 0 Å². The maximum Gasteiger partial charge on any atom is 0.421 e. The van der Waals surface area contributed by atoms with E-state index in [4.69, 9.17) is 4.74 Å². The van der Waals surface area contributed by atoms with Crippen LogP contribution in [0.25, 0.3) is 0 Å². The van der Waals surface area contributed by atoms with Gasteiger partial charge in [-0.2, -0.15) is 13.2 Å². The van der Waals surface area contributed by atoms with Crippen molar-refractivity contribution in [1.29, 1.82) is 0 Å². The molecule has 17 heavy (non-hydrogen) atoms. The smallest absolute Gasteiger partial charge is 0.421 e. The highest BCUT2D eigenvalue weighted by Gasteiger charge is 2.37. The molecule has 0 unspecified atom stereocenters. The van der Waals surface area contributed by atoms with Gasteiger partial charge in [0.1, 0.15) is 11.3 Å². The second kappa shape index (κ2) is 4.20. The lowest BCUT2D eigenvalue weighted by molar-refractivity contribution is -0.139. The number of pyridine rings is 1. The van der Waals surface area contributed by atoms with E-state index < -0.39 is 11.7 Å². The Bertz CT molecular complexity index is 411. The molecule has 1 aliphatic carbocycles. The molecule has 1 aromatic heterocycles. The largest absolute Gasteiger partial charge is 0.490 e. The summed E-state index contributed by atoms with van der Waals surface area (Å²) in [5.74, 6) is -0.00228. The van der Waals surface area contributed by atoms with Crippen molar-refractivity contribution in [3.63, 3.8) is 0 Å². The van der Waals surface area contributed by atoms with Crippen LogP contribution in [0, 0.1) is 0 Å². The molecule has 1 aliphatic rings. The summed E-state index contributed by atoms with van der Waals surface area (Å²) in [6.45, 7) is 3.77. The Morgan fingerprint density at radius 3 is 2.47 bits per heavy atom. The average Bonchev–Trinajstić information content (AvgIpc) is 2.99. The highest BCUT2D eigenvalue weighted by atomic mass is 19.4. The molecule has 0 amide bonds. The monoisotopic (exact) mass is 245 g/mol. The lowest BCUT2D eigenvalue weighted by atomic mass is 10.1. The highest BCUT2D eigenvalue weighted by Crippen LogP contribution is 2.39. The Morgan fingerprint density at radius 2 is 2.00 bits per heavy atom. The predicted octanol–water partition coefficient (Wildman–Crippen LogP) is 3.77. The van der Waals surface area contributed by atoms with Gasteiger partial charge in [0.15, 0.2) is 0 Å². The molecule has 1 aromatic rings. The summed E-state index contributed by atoms with van der Waals surface area (Å²) in [7, 11) is 0. The zero-order chi connectivity index (χ0) is 12.6. The van der Waals surface area contributed by atoms with E-state index in [1.165, 1.54) is 6.07 Å². The normalized spacial score (nSPS) is 16.4. The first-order valence-electron chi connectivity index (χ1n) is 5.61. The van der Waals surface area contributed by atoms with E-state index in [-0.39, 0.29) is 17.8 Å². The zero-order valence-corrected chi connectivity index (χ0v) is 9.71. The zero-order valence-electron chi connectivity index (χ0n) is 9.71. The number of hydrogen-bond donors (Lipinski definition) is 0. The first kappa shape index (κ1) is 12.2. The molecule has 0 bridgehead atoms. The van der Waals surface area contributed by atoms with Gasteiger partial charge in [-0.3, -0.25) is 4.98 Å². The van der Waals surface area contributed by atoms with Crippen LogP contribution in [0.2, 0.25) is 0 Å². The lowest BCUT2D eigenvalue weighted by Gasteiger charge is -2.15. The van der Waals surface area contributed by atoms with Gasteiger partial charge in [-0.05, 0) is 18.8 Å². The molecular formula is C12H14F3NO. The predicted molar refractivity (Wildman–Crippen MR) is 57.0 cm³/mol. The molecule has 0 atom stereocenters. The van der Waals surface area contributed by atoms with Crippen LogP contribution in [0.1, 0.15) is 43.9 Å². The summed E-state index contributed by atoms with van der Waals surface area (Å²) in [5, 5.41) is 0. The standard InChI is InChI=1S/C12H14F3NO/c1-7(2)10-5-11(17-8-3-4-8)9(6-16-10)12(13,14)15/h5-8H,3-4H2,1-2H3. The Kier molecular flexibility index (Phi) is 3.02. The second-order valence-corrected chi connectivity index (χ2v) is 4.57. The van der Waals surface area contributed by atoms with Gasteiger partial charge < -0.3 is 4.74 Å². The summed E-state index contributed by atoms with van der Waals surface area (Å²) in [6.07, 6.45) is -1.94. The van der Waals surface area contributed by atoms with Crippen molar-refractivity contribution < 1.29 is 17.9 Å². The molecule has 1 fully saturated rings. The number of alkyl halides is 3. The van der Waals surface area contributed by atoms with Crippen LogP contribution in [-0.2, 0) is 6.18 Å². The van der Waals surface area contributed by atoms with Crippen LogP contribution in [-0.4, -0.2) is 11.1 Å². The minimum atomic E-state index is -4.41. The van der Waals surface area contributed by atoms with Crippen molar-refractivity contribution in [2.24, 2.45) is 0 Å². The Labute approximate surface area is 97.8 Å². The van der Waals surface area contributed by atoms with E-state index in [0.29, 0.717) is 5.69 Å². The van der Waals surface area contributed by atoms with Crippen molar-refractivity contribution in [1.82, 2.24) is 4.98 Å². The van der Waals surface area contributed by atoms with E-state index >= 15 is 0 Å². The molecule has 94 valence electrons. The molecule has 0 spiro atoms. The molecular weight excluding hydrogens is 231 g/mol. The number of hydrogen-bond acceptors (Lipinski definition) is 2. The fraction of sp³-hybridized carbons (Fsp3) is 0.583. The lowest BCUT2D eigenvalue weighted by Crippen LogP contribution is -2.11. The molecule has 2 nitrogen and oxygen atoms in total. The van der Waals surface area contributed by atoms with Gasteiger partial charge in [0, 0.05) is 18.0 Å². The quantitative estimate of drug-likeness (QED) is 0.808. The van der Waals surface area contributed by atoms with Crippen LogP contribution in [0.15, 0.2) is 12.3 Å². The molecule has 0 N–H and O–H groups in total. The van der Waals surface area contributed by atoms with E-state index in [9.17, 15) is 13.2 Å². The van der Waals surface area contributed by atoms with Gasteiger partial charge in [0.25, 0.3) is 0 Å². The Balaban J connectivity index is 2.36. The van der Waals surface area contributed by atoms with Crippen LogP contribution in [0.5, 0.6) is 5.75 Å². The SMILES string of the molecule is CC(C)c1cc(OC2CC2)c(C(F)(F)F)cn1. The fourth-order valence-electron chi connectivity index (χ4n) is 1.44. The average molecular weight is 245 g/mol. The van der Waals surface area contributed by atoms with E-state index in [2.05, 4.69) is 4.98 Å². The van der Waals surface area contributed by atoms with Gasteiger partial charge in [0.05, 0.1) is 6.10 Å². The van der Waals surface area contributed by atoms with Gasteiger partial charge in [-0.25, -0.2) is 0 Å². The Morgan fingerprint density at radius 1 is 1.35 bits per heavy atom. The van der Waals surface area contributed by atoms with Crippen LogP contribution >= 0.6 is 0 Å². The second-order valence-electron chi connectivity index (χ2n) is 4.57. The maximum atomic E-state index is 12.7. The van der Waals surface area contributed by atoms with Gasteiger partial charge in [0.2, 0.25) is 0 Å². The first-order chi connectivity index (χ1) is 7.88. The highest BCUT2D eigenvalue weighted by molar-refractivity contribution is 5.36. The van der Waals surface area contributed by atoms with E-state index in [0.717, 1.165) is 19.0 Å². The van der Waals surface area contributed by atoms with Gasteiger partial charge in [-0.1, -0.05) is 13.8 Å². The third-order valence-corrected chi connectivity index (χ3v) is 2.60. The van der Waals surface area contributed by atoms with Crippen LogP contribution < -0.4 is 4.74 Å². The molecule has 0 radical (unpaired) electrons. The van der Waals surface area contributed by atoms with Crippen LogP contribution in [0.4, 0.5) is 13.2 Å². The fourth-order valence-corrected chi connectivity index (χ4v) is 1.44. The van der Waals surface area contributed by atoms with Crippen molar-refractivity contribution in [3.05, 3.63) is 23.5 Å². The number of aromatic nitrogens is 1. The number of nitrogens with zero attached hydrogens (tertiary/aromatic N) is 1. The molecule has 0 aromatic carbocycles. The summed E-state index contributed by atoms with van der Waals surface area (Å²) < 4.78 is 43.5. The minimum absolute atomic E-state index is 0.0569. The Hall–Kier alpha value is -1.26. The number of rotatable bonds is 3. The molecule has 5 heteroatoms. The van der Waals surface area contributed by atoms with Crippen molar-refractivity contribution in [3.8, 4) is 5.75 Å². The van der Waals surface area contributed by atoms with Crippen LogP contribution in [0.3, 0.4) is 0 Å². The van der Waals surface area contributed by atoms with Crippen molar-refractivity contribution in [2.75, 3.05) is 0 Å². The van der Waals surface area contributed by atoms with Gasteiger partial charge >= 0.3 is 6.18 Å². The van der Waals surface area contributed by atoms with Crippen molar-refractivity contribution >= 4 is 0 Å². The topological polar surface area (TPSA) is 22.1 Å². The van der Waals surface area contributed by atoms with E-state index in [1.54, 1.807) is 0 Å². The first-order valence-corrected chi connectivity index (χ1v) is 5.61. The maximum absolute atomic E-state index is 12.7. The van der Waals surface area contributed by atoms with Crippen molar-refractivity contribution in [2.45, 2.75) is 44.9 Å². The molecule has 1 heterocycles. The number of ether oxygens (including phenoxy) is 1. The summed E-state index contributed by atoms with van der Waals surface area (Å²) in [4.78, 5) is 3.83. The molecule has 0 aliphatic heterocycles. The van der Waals surface area contributed by atoms with E-state index in [1.807, 2.05) is 13.8 Å². The minimum Gasteiger partial charge on any atom is -0.490 e. The number of halogens is 3. The molecule has 2 rings (SSSR count). The summed E-state index contributed by atoms with van der Waals surface area (Å²) in [6, 6.07) is 1.41.